The van der Waals surface area contributed by atoms with Crippen LogP contribution in [0.15, 0.2) is 35.3 Å². The maximum Gasteiger partial charge on any atom is 0.328 e. The predicted molar refractivity (Wildman–Crippen MR) is 110 cm³/mol. The highest BCUT2D eigenvalue weighted by Gasteiger charge is 2.19. The lowest BCUT2D eigenvalue weighted by Crippen LogP contribution is -2.23. The number of benzene rings is 1. The van der Waals surface area contributed by atoms with Crippen molar-refractivity contribution < 1.29 is 9.47 Å². The van der Waals surface area contributed by atoms with E-state index >= 15 is 0 Å². The number of aromatic amines is 1. The van der Waals surface area contributed by atoms with Gasteiger partial charge in [-0.05, 0) is 44.0 Å². The minimum absolute atomic E-state index is 0.210. The van der Waals surface area contributed by atoms with Gasteiger partial charge in [0, 0.05) is 13.2 Å². The first-order valence-electron chi connectivity index (χ1n) is 10.1. The molecular formula is C21H27N5O3. The van der Waals surface area contributed by atoms with E-state index in [9.17, 15) is 4.79 Å². The number of ether oxygens (including phenoxy) is 2. The third-order valence-corrected chi connectivity index (χ3v) is 5.50. The van der Waals surface area contributed by atoms with Crippen LogP contribution in [0.1, 0.15) is 36.9 Å². The molecule has 8 heteroatoms. The van der Waals surface area contributed by atoms with Crippen LogP contribution in [-0.2, 0) is 11.3 Å². The van der Waals surface area contributed by atoms with Gasteiger partial charge in [0.05, 0.1) is 19.3 Å². The quantitative estimate of drug-likeness (QED) is 0.588. The molecule has 154 valence electrons. The number of hydrogen-bond acceptors (Lipinski definition) is 6. The third-order valence-electron chi connectivity index (χ3n) is 5.50. The maximum atomic E-state index is 12.4. The average Bonchev–Trinajstić information content (AvgIpc) is 3.37. The van der Waals surface area contributed by atoms with E-state index in [1.807, 2.05) is 0 Å². The molecule has 0 aliphatic carbocycles. The number of rotatable bonds is 8. The lowest BCUT2D eigenvalue weighted by molar-refractivity contribution is 0.141. The topological polar surface area (TPSA) is 85.3 Å². The molecule has 0 spiro atoms. The van der Waals surface area contributed by atoms with Gasteiger partial charge >= 0.3 is 11.7 Å². The van der Waals surface area contributed by atoms with Crippen molar-refractivity contribution in [2.45, 2.75) is 32.4 Å². The first kappa shape index (κ1) is 19.6. The Bertz CT molecular complexity index is 1010. The zero-order valence-electron chi connectivity index (χ0n) is 16.9. The molecule has 0 saturated carbocycles. The molecule has 8 nitrogen and oxygen atoms in total. The summed E-state index contributed by atoms with van der Waals surface area (Å²) < 4.78 is 12.1. The van der Waals surface area contributed by atoms with Crippen LogP contribution in [0.25, 0.3) is 11.2 Å². The molecule has 1 saturated heterocycles. The van der Waals surface area contributed by atoms with Crippen molar-refractivity contribution in [2.75, 3.05) is 33.4 Å². The Morgan fingerprint density at radius 1 is 1.17 bits per heavy atom. The summed E-state index contributed by atoms with van der Waals surface area (Å²) in [6, 6.07) is 9.15. The monoisotopic (exact) mass is 397 g/mol. The summed E-state index contributed by atoms with van der Waals surface area (Å²) in [6.07, 6.45) is 4.14. The summed E-state index contributed by atoms with van der Waals surface area (Å²) in [4.78, 5) is 26.3. The zero-order chi connectivity index (χ0) is 20.2. The molecule has 0 unspecified atom stereocenters. The SMILES string of the molecule is COCCOc1ncc2[nH]c(=O)n(Cc3ccc([C@@H](C)N4CCCC4)cc3)c2n1. The molecule has 1 aromatic carbocycles. The maximum absolute atomic E-state index is 12.4. The first-order chi connectivity index (χ1) is 14.2. The highest BCUT2D eigenvalue weighted by Crippen LogP contribution is 2.25. The zero-order valence-corrected chi connectivity index (χ0v) is 16.9. The Balaban J connectivity index is 1.53. The molecule has 0 bridgehead atoms. The first-order valence-corrected chi connectivity index (χ1v) is 10.1. The second-order valence-corrected chi connectivity index (χ2v) is 7.41. The van der Waals surface area contributed by atoms with Gasteiger partial charge in [-0.2, -0.15) is 4.98 Å². The molecule has 1 N–H and O–H groups in total. The Hall–Kier alpha value is -2.71. The number of hydrogen-bond donors (Lipinski definition) is 1. The third kappa shape index (κ3) is 4.33. The summed E-state index contributed by atoms with van der Waals surface area (Å²) in [5.41, 5.74) is 3.27. The van der Waals surface area contributed by atoms with Crippen molar-refractivity contribution in [1.29, 1.82) is 0 Å². The van der Waals surface area contributed by atoms with E-state index in [1.54, 1.807) is 17.9 Å². The average molecular weight is 397 g/mol. The van der Waals surface area contributed by atoms with Crippen molar-refractivity contribution in [1.82, 2.24) is 24.4 Å². The number of methoxy groups -OCH3 is 1. The predicted octanol–water partition coefficient (Wildman–Crippen LogP) is 2.35. The van der Waals surface area contributed by atoms with Gasteiger partial charge in [-0.3, -0.25) is 9.47 Å². The minimum atomic E-state index is -0.210. The van der Waals surface area contributed by atoms with Crippen molar-refractivity contribution in [3.05, 3.63) is 52.1 Å². The number of imidazole rings is 1. The Morgan fingerprint density at radius 3 is 2.66 bits per heavy atom. The lowest BCUT2D eigenvalue weighted by Gasteiger charge is -2.24. The molecule has 1 aliphatic rings. The Morgan fingerprint density at radius 2 is 1.93 bits per heavy atom. The molecule has 1 fully saturated rings. The van der Waals surface area contributed by atoms with Crippen molar-refractivity contribution in [3.63, 3.8) is 0 Å². The second-order valence-electron chi connectivity index (χ2n) is 7.41. The molecule has 1 aliphatic heterocycles. The summed E-state index contributed by atoms with van der Waals surface area (Å²) in [7, 11) is 1.61. The fourth-order valence-electron chi connectivity index (χ4n) is 3.79. The molecule has 0 amide bonds. The van der Waals surface area contributed by atoms with Gasteiger partial charge in [-0.15, -0.1) is 0 Å². The van der Waals surface area contributed by atoms with Gasteiger partial charge in [0.1, 0.15) is 12.1 Å². The van der Waals surface area contributed by atoms with Crippen molar-refractivity contribution >= 4 is 11.2 Å². The minimum Gasteiger partial charge on any atom is -0.461 e. The van der Waals surface area contributed by atoms with Gasteiger partial charge in [-0.1, -0.05) is 24.3 Å². The number of aromatic nitrogens is 4. The number of nitrogens with zero attached hydrogens (tertiary/aromatic N) is 4. The van der Waals surface area contributed by atoms with Gasteiger partial charge in [0.15, 0.2) is 5.65 Å². The van der Waals surface area contributed by atoms with Crippen LogP contribution in [-0.4, -0.2) is 57.8 Å². The molecule has 0 radical (unpaired) electrons. The molecular weight excluding hydrogens is 370 g/mol. The standard InChI is InChI=1S/C21H27N5O3/c1-15(25-9-3-4-10-25)17-7-5-16(6-8-17)14-26-19-18(23-21(26)27)13-22-20(24-19)29-12-11-28-2/h5-8,13,15H,3-4,9-12,14H2,1-2H3,(H,23,27)/t15-/m1/s1. The van der Waals surface area contributed by atoms with Crippen LogP contribution in [0, 0.1) is 0 Å². The lowest BCUT2D eigenvalue weighted by atomic mass is 10.0. The fourth-order valence-corrected chi connectivity index (χ4v) is 3.79. The summed E-state index contributed by atoms with van der Waals surface area (Å²) in [5, 5.41) is 0. The molecule has 2 aromatic heterocycles. The molecule has 3 aromatic rings. The van der Waals surface area contributed by atoms with E-state index in [-0.39, 0.29) is 11.7 Å². The number of likely N-dealkylation sites (tertiary alicyclic amines) is 1. The van der Waals surface area contributed by atoms with E-state index in [0.29, 0.717) is 37.0 Å². The van der Waals surface area contributed by atoms with Crippen LogP contribution in [0.4, 0.5) is 0 Å². The summed E-state index contributed by atoms with van der Waals surface area (Å²) >= 11 is 0. The Kier molecular flexibility index (Phi) is 5.92. The molecule has 1 atom stereocenters. The van der Waals surface area contributed by atoms with Gasteiger partial charge < -0.3 is 14.5 Å². The number of nitrogens with one attached hydrogen (secondary N) is 1. The highest BCUT2D eigenvalue weighted by molar-refractivity contribution is 5.69. The van der Waals surface area contributed by atoms with Gasteiger partial charge in [0.2, 0.25) is 0 Å². The van der Waals surface area contributed by atoms with Crippen molar-refractivity contribution in [3.8, 4) is 6.01 Å². The summed E-state index contributed by atoms with van der Waals surface area (Å²) in [6.45, 7) is 5.83. The number of fused-ring (bicyclic) bond motifs is 1. The van der Waals surface area contributed by atoms with Crippen LogP contribution >= 0.6 is 0 Å². The molecule has 3 heterocycles. The van der Waals surface area contributed by atoms with Crippen LogP contribution in [0.5, 0.6) is 6.01 Å². The smallest absolute Gasteiger partial charge is 0.328 e. The van der Waals surface area contributed by atoms with Crippen LogP contribution < -0.4 is 10.4 Å². The van der Waals surface area contributed by atoms with E-state index < -0.39 is 0 Å². The van der Waals surface area contributed by atoms with E-state index in [1.165, 1.54) is 31.5 Å². The van der Waals surface area contributed by atoms with E-state index in [4.69, 9.17) is 9.47 Å². The number of H-pyrrole nitrogens is 1. The normalized spacial score (nSPS) is 15.8. The van der Waals surface area contributed by atoms with E-state index in [2.05, 4.69) is 51.0 Å². The fraction of sp³-hybridized carbons (Fsp3) is 0.476. The highest BCUT2D eigenvalue weighted by atomic mass is 16.5. The second kappa shape index (κ2) is 8.75. The van der Waals surface area contributed by atoms with Crippen LogP contribution in [0.3, 0.4) is 0 Å². The van der Waals surface area contributed by atoms with Crippen molar-refractivity contribution in [2.24, 2.45) is 0 Å². The summed E-state index contributed by atoms with van der Waals surface area (Å²) in [5.74, 6) is 0. The molecule has 4 rings (SSSR count). The molecule has 29 heavy (non-hydrogen) atoms. The van der Waals surface area contributed by atoms with E-state index in [0.717, 1.165) is 5.56 Å². The van der Waals surface area contributed by atoms with Crippen LogP contribution in [0.2, 0.25) is 0 Å². The van der Waals surface area contributed by atoms with Gasteiger partial charge in [0.25, 0.3) is 0 Å². The largest absolute Gasteiger partial charge is 0.461 e. The van der Waals surface area contributed by atoms with Gasteiger partial charge in [-0.25, -0.2) is 9.78 Å². The Labute approximate surface area is 169 Å².